The molecular formula is C20H23ClN4O3. The van der Waals surface area contributed by atoms with E-state index in [0.29, 0.717) is 17.5 Å². The number of hydrogen-bond donors (Lipinski definition) is 1. The summed E-state index contributed by atoms with van der Waals surface area (Å²) >= 11 is 5.98. The SMILES string of the molecule is CC(COc1ccc(-c2cnc3ccc(Cl)nn23)cc1)NC(=O)OC(C)(C)C. The highest BCUT2D eigenvalue weighted by Gasteiger charge is 2.18. The van der Waals surface area contributed by atoms with Crippen LogP contribution in [0.3, 0.4) is 0 Å². The topological polar surface area (TPSA) is 77.8 Å². The zero-order valence-corrected chi connectivity index (χ0v) is 17.0. The highest BCUT2D eigenvalue weighted by molar-refractivity contribution is 6.29. The summed E-state index contributed by atoms with van der Waals surface area (Å²) in [6.07, 6.45) is 1.29. The Morgan fingerprint density at radius 2 is 1.93 bits per heavy atom. The minimum absolute atomic E-state index is 0.195. The van der Waals surface area contributed by atoms with Gasteiger partial charge in [0.05, 0.1) is 17.9 Å². The van der Waals surface area contributed by atoms with Crippen LogP contribution in [0.2, 0.25) is 5.15 Å². The lowest BCUT2D eigenvalue weighted by molar-refractivity contribution is 0.0494. The second-order valence-electron chi connectivity index (χ2n) is 7.45. The fraction of sp³-hybridized carbons (Fsp3) is 0.350. The molecule has 3 rings (SSSR count). The molecule has 8 heteroatoms. The minimum Gasteiger partial charge on any atom is -0.491 e. The number of carbonyl (C=O) groups excluding carboxylic acids is 1. The monoisotopic (exact) mass is 402 g/mol. The molecule has 0 saturated heterocycles. The van der Waals surface area contributed by atoms with E-state index in [2.05, 4.69) is 15.4 Å². The number of nitrogens with one attached hydrogen (secondary N) is 1. The maximum Gasteiger partial charge on any atom is 0.407 e. The molecule has 2 aromatic heterocycles. The lowest BCUT2D eigenvalue weighted by Crippen LogP contribution is -2.40. The Morgan fingerprint density at radius 3 is 2.61 bits per heavy atom. The third-order valence-electron chi connectivity index (χ3n) is 3.74. The first kappa shape index (κ1) is 19.9. The number of halogens is 1. The molecule has 0 spiro atoms. The zero-order chi connectivity index (χ0) is 20.3. The van der Waals surface area contributed by atoms with Gasteiger partial charge in [0.1, 0.15) is 23.1 Å². The van der Waals surface area contributed by atoms with E-state index in [1.807, 2.05) is 58.0 Å². The van der Waals surface area contributed by atoms with Crippen LogP contribution in [0.5, 0.6) is 5.75 Å². The summed E-state index contributed by atoms with van der Waals surface area (Å²) in [7, 11) is 0. The van der Waals surface area contributed by atoms with Gasteiger partial charge in [0.25, 0.3) is 0 Å². The van der Waals surface area contributed by atoms with Crippen molar-refractivity contribution >= 4 is 23.3 Å². The molecule has 0 bridgehead atoms. The molecule has 0 aliphatic carbocycles. The maximum absolute atomic E-state index is 11.8. The van der Waals surface area contributed by atoms with Gasteiger partial charge in [0.15, 0.2) is 5.65 Å². The fourth-order valence-corrected chi connectivity index (χ4v) is 2.68. The van der Waals surface area contributed by atoms with E-state index in [-0.39, 0.29) is 6.04 Å². The van der Waals surface area contributed by atoms with E-state index in [1.54, 1.807) is 16.8 Å². The number of alkyl carbamates (subject to hydrolysis) is 1. The van der Waals surface area contributed by atoms with E-state index in [4.69, 9.17) is 21.1 Å². The standard InChI is InChI=1S/C20H23ClN4O3/c1-13(23-19(26)28-20(2,3)4)12-27-15-7-5-14(6-8-15)16-11-22-18-10-9-17(21)24-25(16)18/h5-11,13H,12H2,1-4H3,(H,23,26). The Balaban J connectivity index is 1.60. The third kappa shape index (κ3) is 5.13. The van der Waals surface area contributed by atoms with Crippen LogP contribution in [0, 0.1) is 0 Å². The Morgan fingerprint density at radius 1 is 1.21 bits per heavy atom. The number of nitrogens with zero attached hydrogens (tertiary/aromatic N) is 3. The molecule has 0 fully saturated rings. The van der Waals surface area contributed by atoms with Crippen molar-refractivity contribution in [3.05, 3.63) is 47.7 Å². The van der Waals surface area contributed by atoms with Crippen molar-refractivity contribution in [2.45, 2.75) is 39.3 Å². The number of amides is 1. The summed E-state index contributed by atoms with van der Waals surface area (Å²) < 4.78 is 12.7. The molecule has 148 valence electrons. The average molecular weight is 403 g/mol. The highest BCUT2D eigenvalue weighted by Crippen LogP contribution is 2.23. The van der Waals surface area contributed by atoms with Gasteiger partial charge in [-0.2, -0.15) is 5.10 Å². The van der Waals surface area contributed by atoms with E-state index >= 15 is 0 Å². The summed E-state index contributed by atoms with van der Waals surface area (Å²) in [6.45, 7) is 7.64. The first-order valence-corrected chi connectivity index (χ1v) is 9.32. The number of hydrogen-bond acceptors (Lipinski definition) is 5. The van der Waals surface area contributed by atoms with Crippen LogP contribution < -0.4 is 10.1 Å². The number of rotatable bonds is 5. The van der Waals surface area contributed by atoms with Crippen LogP contribution in [-0.2, 0) is 4.74 Å². The molecule has 1 unspecified atom stereocenters. The number of fused-ring (bicyclic) bond motifs is 1. The molecule has 0 aliphatic heterocycles. The molecule has 0 saturated carbocycles. The Hall–Kier alpha value is -2.80. The first-order chi connectivity index (χ1) is 13.2. The Labute approximate surface area is 168 Å². The van der Waals surface area contributed by atoms with Crippen LogP contribution in [0.1, 0.15) is 27.7 Å². The number of carbonyl (C=O) groups is 1. The molecule has 1 aromatic carbocycles. The van der Waals surface area contributed by atoms with Crippen molar-refractivity contribution in [3.63, 3.8) is 0 Å². The Kier molecular flexibility index (Phi) is 5.74. The van der Waals surface area contributed by atoms with Crippen LogP contribution in [-0.4, -0.2) is 38.9 Å². The lowest BCUT2D eigenvalue weighted by Gasteiger charge is -2.22. The zero-order valence-electron chi connectivity index (χ0n) is 16.3. The predicted octanol–water partition coefficient (Wildman–Crippen LogP) is 4.34. The normalized spacial score (nSPS) is 12.6. The second kappa shape index (κ2) is 8.06. The van der Waals surface area contributed by atoms with Crippen LogP contribution in [0.4, 0.5) is 4.79 Å². The molecule has 2 heterocycles. The van der Waals surface area contributed by atoms with Gasteiger partial charge in [-0.25, -0.2) is 14.3 Å². The molecule has 3 aromatic rings. The molecule has 1 atom stereocenters. The van der Waals surface area contributed by atoms with Gasteiger partial charge >= 0.3 is 6.09 Å². The van der Waals surface area contributed by atoms with E-state index in [1.165, 1.54) is 0 Å². The second-order valence-corrected chi connectivity index (χ2v) is 7.84. The van der Waals surface area contributed by atoms with Gasteiger partial charge in [-0.15, -0.1) is 0 Å². The van der Waals surface area contributed by atoms with Crippen LogP contribution >= 0.6 is 11.6 Å². The third-order valence-corrected chi connectivity index (χ3v) is 3.94. The smallest absolute Gasteiger partial charge is 0.407 e. The number of imidazole rings is 1. The van der Waals surface area contributed by atoms with E-state index < -0.39 is 11.7 Å². The van der Waals surface area contributed by atoms with Gasteiger partial charge in [-0.05, 0) is 64.1 Å². The molecule has 28 heavy (non-hydrogen) atoms. The van der Waals surface area contributed by atoms with Crippen molar-refractivity contribution in [1.29, 1.82) is 0 Å². The summed E-state index contributed by atoms with van der Waals surface area (Å²) in [5.41, 5.74) is 1.97. The number of aromatic nitrogens is 3. The lowest BCUT2D eigenvalue weighted by atomic mass is 10.1. The van der Waals surface area contributed by atoms with Crippen molar-refractivity contribution < 1.29 is 14.3 Å². The molecule has 1 amide bonds. The van der Waals surface area contributed by atoms with Gasteiger partial charge < -0.3 is 14.8 Å². The summed E-state index contributed by atoms with van der Waals surface area (Å²) in [4.78, 5) is 16.1. The van der Waals surface area contributed by atoms with Gasteiger partial charge in [-0.1, -0.05) is 11.6 Å². The van der Waals surface area contributed by atoms with E-state index in [0.717, 1.165) is 16.9 Å². The number of ether oxygens (including phenoxy) is 2. The van der Waals surface area contributed by atoms with Crippen LogP contribution in [0.15, 0.2) is 42.6 Å². The van der Waals surface area contributed by atoms with Crippen LogP contribution in [0.25, 0.3) is 16.9 Å². The molecule has 7 nitrogen and oxygen atoms in total. The molecular weight excluding hydrogens is 380 g/mol. The maximum atomic E-state index is 11.8. The molecule has 0 aliphatic rings. The van der Waals surface area contributed by atoms with Crippen molar-refractivity contribution in [2.24, 2.45) is 0 Å². The molecule has 1 N–H and O–H groups in total. The highest BCUT2D eigenvalue weighted by atomic mass is 35.5. The fourth-order valence-electron chi connectivity index (χ4n) is 2.54. The van der Waals surface area contributed by atoms with Gasteiger partial charge in [0.2, 0.25) is 0 Å². The predicted molar refractivity (Wildman–Crippen MR) is 108 cm³/mol. The summed E-state index contributed by atoms with van der Waals surface area (Å²) in [6, 6.07) is 10.9. The largest absolute Gasteiger partial charge is 0.491 e. The van der Waals surface area contributed by atoms with Crippen molar-refractivity contribution in [2.75, 3.05) is 6.61 Å². The molecule has 0 radical (unpaired) electrons. The van der Waals surface area contributed by atoms with Gasteiger partial charge in [-0.3, -0.25) is 0 Å². The van der Waals surface area contributed by atoms with E-state index in [9.17, 15) is 4.79 Å². The summed E-state index contributed by atoms with van der Waals surface area (Å²) in [5.74, 6) is 0.696. The van der Waals surface area contributed by atoms with Gasteiger partial charge in [0, 0.05) is 5.56 Å². The quantitative estimate of drug-likeness (QED) is 0.686. The van der Waals surface area contributed by atoms with Crippen molar-refractivity contribution in [3.8, 4) is 17.0 Å². The first-order valence-electron chi connectivity index (χ1n) is 8.94. The minimum atomic E-state index is -0.530. The number of benzene rings is 1. The Bertz CT molecular complexity index is 964. The summed E-state index contributed by atoms with van der Waals surface area (Å²) in [5, 5.41) is 7.43. The average Bonchev–Trinajstić information content (AvgIpc) is 3.01. The van der Waals surface area contributed by atoms with Crippen molar-refractivity contribution in [1.82, 2.24) is 19.9 Å².